The molecule has 2 heterocycles. The second-order valence-corrected chi connectivity index (χ2v) is 6.76. The summed E-state index contributed by atoms with van der Waals surface area (Å²) in [5.41, 5.74) is 11.8. The lowest BCUT2D eigenvalue weighted by Gasteiger charge is -2.15. The van der Waals surface area contributed by atoms with Gasteiger partial charge in [0.2, 0.25) is 0 Å². The van der Waals surface area contributed by atoms with Crippen molar-refractivity contribution in [3.8, 4) is 17.2 Å². The normalized spacial score (nSPS) is 12.3. The largest absolute Gasteiger partial charge is 0.497 e. The van der Waals surface area contributed by atoms with Gasteiger partial charge in [-0.1, -0.05) is 25.1 Å². The van der Waals surface area contributed by atoms with Crippen LogP contribution in [0.1, 0.15) is 35.1 Å². The van der Waals surface area contributed by atoms with E-state index in [9.17, 15) is 4.79 Å². The minimum Gasteiger partial charge on any atom is -0.497 e. The lowest BCUT2D eigenvalue weighted by molar-refractivity contribution is 0.0983. The number of ether oxygens (including phenoxy) is 2. The van der Waals surface area contributed by atoms with Gasteiger partial charge in [-0.05, 0) is 30.3 Å². The lowest BCUT2D eigenvalue weighted by Crippen LogP contribution is -2.48. The summed E-state index contributed by atoms with van der Waals surface area (Å²) >= 11 is 0. The van der Waals surface area contributed by atoms with Crippen LogP contribution in [0.4, 0.5) is 0 Å². The number of fused-ring (bicyclic) bond motifs is 3. The molecule has 1 aromatic heterocycles. The van der Waals surface area contributed by atoms with E-state index >= 15 is 0 Å². The van der Waals surface area contributed by atoms with Gasteiger partial charge in [-0.3, -0.25) is 19.8 Å². The molecule has 9 nitrogen and oxygen atoms in total. The fourth-order valence-corrected chi connectivity index (χ4v) is 3.30. The average molecular weight is 420 g/mol. The molecule has 0 atom stereocenters. The molecule has 3 N–H and O–H groups in total. The van der Waals surface area contributed by atoms with Crippen LogP contribution >= 0.6 is 0 Å². The van der Waals surface area contributed by atoms with Crippen molar-refractivity contribution in [1.82, 2.24) is 25.9 Å². The number of Topliss-reactive ketones (excluding diaryl/α,β-unsaturated/α-hetero) is 1. The summed E-state index contributed by atoms with van der Waals surface area (Å²) in [4.78, 5) is 21.3. The van der Waals surface area contributed by atoms with Crippen LogP contribution in [0.25, 0.3) is 5.69 Å². The maximum absolute atomic E-state index is 12.3. The molecule has 1 aliphatic rings. The molecule has 0 saturated carbocycles. The van der Waals surface area contributed by atoms with Crippen molar-refractivity contribution in [1.29, 1.82) is 0 Å². The Morgan fingerprint density at radius 3 is 2.77 bits per heavy atom. The number of nitrogens with zero attached hydrogens (tertiary/aromatic N) is 3. The number of carbonyl (C=O) groups is 1. The number of rotatable bonds is 8. The lowest BCUT2D eigenvalue weighted by atomic mass is 10.1. The van der Waals surface area contributed by atoms with Crippen LogP contribution in [-0.4, -0.2) is 35.0 Å². The SMILES string of the molecule is CCC(=O)c1ncn2c1CN=C(NNNCOc1ccccc1)c1cc(OC)ccc1-2. The van der Waals surface area contributed by atoms with E-state index in [-0.39, 0.29) is 12.5 Å². The van der Waals surface area contributed by atoms with E-state index in [1.54, 1.807) is 13.4 Å². The molecule has 9 heteroatoms. The molecule has 1 aliphatic heterocycles. The molecule has 0 amide bonds. The molecule has 0 radical (unpaired) electrons. The van der Waals surface area contributed by atoms with Crippen molar-refractivity contribution in [3.05, 3.63) is 71.8 Å². The van der Waals surface area contributed by atoms with Gasteiger partial charge in [0.15, 0.2) is 12.5 Å². The zero-order valence-electron chi connectivity index (χ0n) is 17.4. The standard InChI is InChI=1S/C22H24N6O3/c1-3-20(29)21-19-12-23-22(26-27-25-14-31-15-7-5-4-6-8-15)17-11-16(30-2)9-10-18(17)28(19)13-24-21/h4-11,13,25,27H,3,12,14H2,1-2H3,(H,23,26). The Balaban J connectivity index is 1.53. The van der Waals surface area contributed by atoms with Gasteiger partial charge in [0.1, 0.15) is 29.4 Å². The van der Waals surface area contributed by atoms with Gasteiger partial charge < -0.3 is 9.47 Å². The van der Waals surface area contributed by atoms with Crippen molar-refractivity contribution in [2.45, 2.75) is 19.9 Å². The fraction of sp³-hybridized carbons (Fsp3) is 0.227. The van der Waals surface area contributed by atoms with Gasteiger partial charge in [0.25, 0.3) is 0 Å². The molecule has 0 unspecified atom stereocenters. The van der Waals surface area contributed by atoms with Gasteiger partial charge in [0, 0.05) is 12.0 Å². The number of methoxy groups -OCH3 is 1. The number of ketones is 1. The van der Waals surface area contributed by atoms with Gasteiger partial charge in [-0.2, -0.15) is 5.53 Å². The van der Waals surface area contributed by atoms with Crippen LogP contribution in [0.5, 0.6) is 11.5 Å². The number of amidine groups is 1. The Labute approximate surface area is 180 Å². The molecule has 0 spiro atoms. The van der Waals surface area contributed by atoms with Crippen LogP contribution in [0.3, 0.4) is 0 Å². The summed E-state index contributed by atoms with van der Waals surface area (Å²) in [6.07, 6.45) is 2.06. The van der Waals surface area contributed by atoms with Gasteiger partial charge >= 0.3 is 0 Å². The monoisotopic (exact) mass is 420 g/mol. The van der Waals surface area contributed by atoms with E-state index in [2.05, 4.69) is 26.4 Å². The quantitative estimate of drug-likeness (QED) is 0.223. The van der Waals surface area contributed by atoms with Crippen molar-refractivity contribution in [2.24, 2.45) is 4.99 Å². The molecule has 3 aromatic rings. The first-order valence-corrected chi connectivity index (χ1v) is 9.95. The first-order valence-electron chi connectivity index (χ1n) is 9.95. The zero-order chi connectivity index (χ0) is 21.6. The van der Waals surface area contributed by atoms with Crippen molar-refractivity contribution < 1.29 is 14.3 Å². The number of para-hydroxylation sites is 1. The number of nitrogens with one attached hydrogen (secondary N) is 3. The van der Waals surface area contributed by atoms with E-state index in [1.165, 1.54) is 0 Å². The third-order valence-corrected chi connectivity index (χ3v) is 4.88. The molecule has 0 fully saturated rings. The Hall–Kier alpha value is -3.69. The predicted octanol–water partition coefficient (Wildman–Crippen LogP) is 2.37. The van der Waals surface area contributed by atoms with Crippen LogP contribution in [0.2, 0.25) is 0 Å². The Morgan fingerprint density at radius 2 is 2.00 bits per heavy atom. The number of benzene rings is 2. The highest BCUT2D eigenvalue weighted by atomic mass is 16.5. The summed E-state index contributed by atoms with van der Waals surface area (Å²) in [6, 6.07) is 15.2. The topological polar surface area (TPSA) is 102 Å². The number of hydrazine groups is 2. The number of hydrogen-bond donors (Lipinski definition) is 3. The maximum Gasteiger partial charge on any atom is 0.182 e. The molecule has 31 heavy (non-hydrogen) atoms. The van der Waals surface area contributed by atoms with Crippen molar-refractivity contribution >= 4 is 11.6 Å². The molecule has 4 rings (SSSR count). The van der Waals surface area contributed by atoms with E-state index in [0.717, 1.165) is 22.7 Å². The van der Waals surface area contributed by atoms with E-state index < -0.39 is 0 Å². The highest BCUT2D eigenvalue weighted by Gasteiger charge is 2.23. The minimum absolute atomic E-state index is 0.00623. The number of aromatic nitrogens is 2. The van der Waals surface area contributed by atoms with E-state index in [4.69, 9.17) is 9.47 Å². The molecular formula is C22H24N6O3. The number of aliphatic imine (C=N–C) groups is 1. The van der Waals surface area contributed by atoms with Crippen LogP contribution in [0.15, 0.2) is 59.9 Å². The smallest absolute Gasteiger partial charge is 0.182 e. The Morgan fingerprint density at radius 1 is 1.16 bits per heavy atom. The van der Waals surface area contributed by atoms with Crippen LogP contribution in [-0.2, 0) is 6.54 Å². The summed E-state index contributed by atoms with van der Waals surface area (Å²) in [5.74, 6) is 2.05. The first kappa shape index (κ1) is 20.6. The van der Waals surface area contributed by atoms with E-state index in [1.807, 2.05) is 60.0 Å². The highest BCUT2D eigenvalue weighted by Crippen LogP contribution is 2.27. The fourth-order valence-electron chi connectivity index (χ4n) is 3.30. The van der Waals surface area contributed by atoms with Gasteiger partial charge in [-0.25, -0.2) is 10.4 Å². The zero-order valence-corrected chi connectivity index (χ0v) is 17.4. The third kappa shape index (κ3) is 4.42. The molecule has 0 bridgehead atoms. The Bertz CT molecular complexity index is 1090. The first-order chi connectivity index (χ1) is 15.2. The number of imidazole rings is 1. The Kier molecular flexibility index (Phi) is 6.25. The van der Waals surface area contributed by atoms with Crippen LogP contribution < -0.4 is 25.9 Å². The number of hydrogen-bond acceptors (Lipinski definition) is 8. The molecular weight excluding hydrogens is 396 g/mol. The molecule has 2 aromatic carbocycles. The maximum atomic E-state index is 12.3. The second-order valence-electron chi connectivity index (χ2n) is 6.76. The molecule has 0 saturated heterocycles. The predicted molar refractivity (Wildman–Crippen MR) is 116 cm³/mol. The van der Waals surface area contributed by atoms with E-state index in [0.29, 0.717) is 30.2 Å². The molecule has 0 aliphatic carbocycles. The summed E-state index contributed by atoms with van der Waals surface area (Å²) < 4.78 is 12.9. The highest BCUT2D eigenvalue weighted by molar-refractivity contribution is 6.03. The summed E-state index contributed by atoms with van der Waals surface area (Å²) in [7, 11) is 1.62. The third-order valence-electron chi connectivity index (χ3n) is 4.88. The summed E-state index contributed by atoms with van der Waals surface area (Å²) in [5, 5.41) is 0. The van der Waals surface area contributed by atoms with Gasteiger partial charge in [0.05, 0.1) is 25.0 Å². The van der Waals surface area contributed by atoms with Crippen molar-refractivity contribution in [3.63, 3.8) is 0 Å². The summed E-state index contributed by atoms with van der Waals surface area (Å²) in [6.45, 7) is 2.38. The van der Waals surface area contributed by atoms with Crippen molar-refractivity contribution in [2.75, 3.05) is 13.8 Å². The second kappa shape index (κ2) is 9.41. The van der Waals surface area contributed by atoms with Gasteiger partial charge in [-0.15, -0.1) is 0 Å². The number of carbonyl (C=O) groups excluding carboxylic acids is 1. The average Bonchev–Trinajstić information content (AvgIpc) is 3.17. The molecule has 160 valence electrons. The minimum atomic E-state index is -0.00623. The van der Waals surface area contributed by atoms with Crippen LogP contribution in [0, 0.1) is 0 Å².